The van der Waals surface area contributed by atoms with E-state index in [1.165, 1.54) is 6.92 Å². The maximum atomic E-state index is 12.6. The van der Waals surface area contributed by atoms with Crippen molar-refractivity contribution >= 4 is 11.8 Å². The molecule has 1 aromatic heterocycles. The second-order valence-corrected chi connectivity index (χ2v) is 6.39. The predicted octanol–water partition coefficient (Wildman–Crippen LogP) is 1.58. The van der Waals surface area contributed by atoms with E-state index >= 15 is 0 Å². The fourth-order valence-corrected chi connectivity index (χ4v) is 3.37. The highest BCUT2D eigenvalue weighted by molar-refractivity contribution is 5.87. The molecule has 132 valence electrons. The minimum atomic E-state index is -0.479. The monoisotopic (exact) mass is 341 g/mol. The molecule has 1 saturated carbocycles. The van der Waals surface area contributed by atoms with E-state index in [9.17, 15) is 9.59 Å². The zero-order chi connectivity index (χ0) is 17.6. The van der Waals surface area contributed by atoms with Crippen LogP contribution in [0.5, 0.6) is 0 Å². The molecule has 1 aliphatic carbocycles. The highest BCUT2D eigenvalue weighted by Gasteiger charge is 2.31. The maximum Gasteiger partial charge on any atom is 0.243 e. The molecule has 0 radical (unpaired) electrons. The smallest absolute Gasteiger partial charge is 0.243 e. The lowest BCUT2D eigenvalue weighted by atomic mass is 9.97. The van der Waals surface area contributed by atoms with Gasteiger partial charge in [-0.2, -0.15) is 0 Å². The van der Waals surface area contributed by atoms with Gasteiger partial charge in [0.1, 0.15) is 12.4 Å². The Kier molecular flexibility index (Phi) is 5.42. The van der Waals surface area contributed by atoms with Crippen LogP contribution >= 0.6 is 0 Å². The van der Waals surface area contributed by atoms with Crippen molar-refractivity contribution in [3.8, 4) is 5.69 Å². The average Bonchev–Trinajstić information content (AvgIpc) is 3.29. The van der Waals surface area contributed by atoms with Crippen molar-refractivity contribution in [3.63, 3.8) is 0 Å². The molecule has 1 aliphatic rings. The van der Waals surface area contributed by atoms with Gasteiger partial charge in [0.05, 0.1) is 6.54 Å². The molecule has 0 spiro atoms. The molecule has 1 aromatic carbocycles. The normalized spacial score (nSPS) is 15.7. The molecule has 1 heterocycles. The molecule has 0 saturated heterocycles. The summed E-state index contributed by atoms with van der Waals surface area (Å²) in [4.78, 5) is 24.1. The number of nitrogens with zero attached hydrogens (tertiary/aromatic N) is 3. The van der Waals surface area contributed by atoms with E-state index in [2.05, 4.69) is 20.8 Å². The third-order valence-corrected chi connectivity index (χ3v) is 4.59. The summed E-state index contributed by atoms with van der Waals surface area (Å²) in [5.74, 6) is 0.507. The molecule has 25 heavy (non-hydrogen) atoms. The van der Waals surface area contributed by atoms with Gasteiger partial charge in [-0.3, -0.25) is 14.2 Å². The van der Waals surface area contributed by atoms with Crippen molar-refractivity contribution < 1.29 is 9.59 Å². The summed E-state index contributed by atoms with van der Waals surface area (Å²) in [5.41, 5.74) is 0.936. The molecule has 2 amide bonds. The second kappa shape index (κ2) is 7.92. The number of carbonyl (C=O) groups excluding carboxylic acids is 2. The van der Waals surface area contributed by atoms with Crippen LogP contribution in [0, 0.1) is 5.92 Å². The minimum Gasteiger partial charge on any atom is -0.347 e. The molecule has 2 aromatic rings. The maximum absolute atomic E-state index is 12.6. The van der Waals surface area contributed by atoms with E-state index in [4.69, 9.17) is 0 Å². The first-order chi connectivity index (χ1) is 12.1. The van der Waals surface area contributed by atoms with Crippen molar-refractivity contribution in [2.45, 2.75) is 45.2 Å². The minimum absolute atomic E-state index is 0.162. The number of nitrogens with one attached hydrogen (secondary N) is 2. The Bertz CT molecular complexity index is 722. The first-order valence-corrected chi connectivity index (χ1v) is 8.64. The lowest BCUT2D eigenvalue weighted by molar-refractivity contribution is -0.129. The highest BCUT2D eigenvalue weighted by Crippen LogP contribution is 2.28. The Labute approximate surface area is 146 Å². The molecule has 0 unspecified atom stereocenters. The summed E-state index contributed by atoms with van der Waals surface area (Å²) in [6, 6.07) is 9.23. The SMILES string of the molecule is CC(=O)N[C@H](C(=O)NCc1nncn1-c1ccccc1)C1CCCC1. The lowest BCUT2D eigenvalue weighted by Crippen LogP contribution is -2.49. The molecular formula is C18H23N5O2. The van der Waals surface area contributed by atoms with Crippen molar-refractivity contribution in [2.75, 3.05) is 0 Å². The van der Waals surface area contributed by atoms with E-state index in [0.717, 1.165) is 31.4 Å². The Morgan fingerprint density at radius 2 is 1.96 bits per heavy atom. The standard InChI is InChI=1S/C18H23N5O2/c1-13(24)21-17(14-7-5-6-8-14)18(25)19-11-16-22-20-12-23(16)15-9-3-2-4-10-15/h2-4,9-10,12,14,17H,5-8,11H2,1H3,(H,19,25)(H,21,24)/t17-/m0/s1. The molecule has 2 N–H and O–H groups in total. The fourth-order valence-electron chi connectivity index (χ4n) is 3.37. The molecule has 0 bridgehead atoms. The Morgan fingerprint density at radius 3 is 2.64 bits per heavy atom. The first-order valence-electron chi connectivity index (χ1n) is 8.64. The molecule has 7 heteroatoms. The molecule has 1 fully saturated rings. The van der Waals surface area contributed by atoms with E-state index in [1.54, 1.807) is 6.33 Å². The fraction of sp³-hybridized carbons (Fsp3) is 0.444. The molecular weight excluding hydrogens is 318 g/mol. The van der Waals surface area contributed by atoms with Crippen LogP contribution < -0.4 is 10.6 Å². The van der Waals surface area contributed by atoms with Gasteiger partial charge in [-0.25, -0.2) is 0 Å². The van der Waals surface area contributed by atoms with Gasteiger partial charge >= 0.3 is 0 Å². The largest absolute Gasteiger partial charge is 0.347 e. The number of carbonyl (C=O) groups is 2. The van der Waals surface area contributed by atoms with Crippen LogP contribution in [0.15, 0.2) is 36.7 Å². The van der Waals surface area contributed by atoms with E-state index in [1.807, 2.05) is 34.9 Å². The van der Waals surface area contributed by atoms with Crippen LogP contribution in [0.2, 0.25) is 0 Å². The first kappa shape index (κ1) is 17.1. The van der Waals surface area contributed by atoms with Gasteiger partial charge < -0.3 is 10.6 Å². The number of hydrogen-bond donors (Lipinski definition) is 2. The summed E-state index contributed by atoms with van der Waals surface area (Å²) in [6.07, 6.45) is 5.78. The third kappa shape index (κ3) is 4.23. The van der Waals surface area contributed by atoms with Crippen molar-refractivity contribution in [3.05, 3.63) is 42.5 Å². The van der Waals surface area contributed by atoms with E-state index in [-0.39, 0.29) is 24.3 Å². The average molecular weight is 341 g/mol. The van der Waals surface area contributed by atoms with Crippen LogP contribution in [-0.2, 0) is 16.1 Å². The number of aromatic nitrogens is 3. The Morgan fingerprint density at radius 1 is 1.24 bits per heavy atom. The van der Waals surface area contributed by atoms with Crippen LogP contribution in [0.1, 0.15) is 38.4 Å². The summed E-state index contributed by atoms with van der Waals surface area (Å²) >= 11 is 0. The van der Waals surface area contributed by atoms with Crippen LogP contribution in [0.4, 0.5) is 0 Å². The number of hydrogen-bond acceptors (Lipinski definition) is 4. The Balaban J connectivity index is 1.67. The third-order valence-electron chi connectivity index (χ3n) is 4.59. The van der Waals surface area contributed by atoms with E-state index < -0.39 is 6.04 Å². The predicted molar refractivity (Wildman–Crippen MR) is 92.8 cm³/mol. The summed E-state index contributed by atoms with van der Waals surface area (Å²) < 4.78 is 1.84. The summed E-state index contributed by atoms with van der Waals surface area (Å²) in [5, 5.41) is 13.7. The van der Waals surface area contributed by atoms with Crippen LogP contribution in [0.25, 0.3) is 5.69 Å². The summed E-state index contributed by atoms with van der Waals surface area (Å²) in [6.45, 7) is 1.71. The van der Waals surface area contributed by atoms with Crippen LogP contribution in [-0.4, -0.2) is 32.6 Å². The lowest BCUT2D eigenvalue weighted by Gasteiger charge is -2.23. The second-order valence-electron chi connectivity index (χ2n) is 6.39. The molecule has 1 atom stereocenters. The van der Waals surface area contributed by atoms with Gasteiger partial charge in [0.2, 0.25) is 11.8 Å². The highest BCUT2D eigenvalue weighted by atomic mass is 16.2. The molecule has 7 nitrogen and oxygen atoms in total. The number of para-hydroxylation sites is 1. The number of rotatable bonds is 6. The zero-order valence-electron chi connectivity index (χ0n) is 14.3. The van der Waals surface area contributed by atoms with Gasteiger partial charge in [0.25, 0.3) is 0 Å². The van der Waals surface area contributed by atoms with Gasteiger partial charge in [0.15, 0.2) is 5.82 Å². The molecule has 0 aliphatic heterocycles. The van der Waals surface area contributed by atoms with Gasteiger partial charge in [-0.1, -0.05) is 31.0 Å². The topological polar surface area (TPSA) is 88.9 Å². The Hall–Kier alpha value is -2.70. The number of benzene rings is 1. The van der Waals surface area contributed by atoms with Crippen molar-refractivity contribution in [1.82, 2.24) is 25.4 Å². The number of amides is 2. The summed E-state index contributed by atoms with van der Waals surface area (Å²) in [7, 11) is 0. The zero-order valence-corrected chi connectivity index (χ0v) is 14.3. The quantitative estimate of drug-likeness (QED) is 0.835. The molecule has 3 rings (SSSR count). The van der Waals surface area contributed by atoms with E-state index in [0.29, 0.717) is 5.82 Å². The van der Waals surface area contributed by atoms with Gasteiger partial charge in [-0.15, -0.1) is 10.2 Å². The van der Waals surface area contributed by atoms with Gasteiger partial charge in [-0.05, 0) is 30.9 Å². The van der Waals surface area contributed by atoms with Crippen LogP contribution in [0.3, 0.4) is 0 Å². The van der Waals surface area contributed by atoms with Crippen molar-refractivity contribution in [2.24, 2.45) is 5.92 Å². The van der Waals surface area contributed by atoms with Crippen molar-refractivity contribution in [1.29, 1.82) is 0 Å². The van der Waals surface area contributed by atoms with Gasteiger partial charge in [0, 0.05) is 12.6 Å².